The lowest BCUT2D eigenvalue weighted by Crippen LogP contribution is -2.48. The fourth-order valence-electron chi connectivity index (χ4n) is 2.69. The minimum absolute atomic E-state index is 0.231. The zero-order chi connectivity index (χ0) is 16.8. The second-order valence-electron chi connectivity index (χ2n) is 5.31. The van der Waals surface area contributed by atoms with E-state index in [0.717, 1.165) is 6.42 Å². The van der Waals surface area contributed by atoms with Gasteiger partial charge in [0.2, 0.25) is 0 Å². The van der Waals surface area contributed by atoms with Crippen LogP contribution in [0.15, 0.2) is 18.2 Å². The zero-order valence-corrected chi connectivity index (χ0v) is 13.2. The van der Waals surface area contributed by atoms with Crippen LogP contribution in [0.3, 0.4) is 0 Å². The van der Waals surface area contributed by atoms with Crippen LogP contribution in [-0.4, -0.2) is 50.5 Å². The Hall–Kier alpha value is -2.28. The molecule has 0 radical (unpaired) electrons. The number of ether oxygens (including phenoxy) is 3. The first-order valence-corrected chi connectivity index (χ1v) is 7.41. The van der Waals surface area contributed by atoms with Gasteiger partial charge in [0.15, 0.2) is 11.5 Å². The van der Waals surface area contributed by atoms with E-state index < -0.39 is 17.9 Å². The molecule has 2 rings (SSSR count). The summed E-state index contributed by atoms with van der Waals surface area (Å²) in [6.07, 6.45) is 1.49. The predicted octanol–water partition coefficient (Wildman–Crippen LogP) is 1.31. The summed E-state index contributed by atoms with van der Waals surface area (Å²) >= 11 is 0. The Kier molecular flexibility index (Phi) is 5.81. The van der Waals surface area contributed by atoms with Gasteiger partial charge in [-0.2, -0.15) is 0 Å². The predicted molar refractivity (Wildman–Crippen MR) is 82.0 cm³/mol. The molecular weight excluding hydrogens is 302 g/mol. The first-order valence-electron chi connectivity index (χ1n) is 7.41. The monoisotopic (exact) mass is 323 g/mol. The van der Waals surface area contributed by atoms with Gasteiger partial charge in [-0.1, -0.05) is 6.07 Å². The van der Waals surface area contributed by atoms with Crippen molar-refractivity contribution in [1.82, 2.24) is 5.32 Å². The molecule has 7 heteroatoms. The van der Waals surface area contributed by atoms with Gasteiger partial charge in [0.05, 0.1) is 26.4 Å². The molecule has 7 nitrogen and oxygen atoms in total. The largest absolute Gasteiger partial charge is 0.493 e. The maximum Gasteiger partial charge on any atom is 0.326 e. The van der Waals surface area contributed by atoms with E-state index >= 15 is 0 Å². The fraction of sp³-hybridized carbons (Fsp3) is 0.500. The van der Waals surface area contributed by atoms with Gasteiger partial charge in [0.1, 0.15) is 6.04 Å². The molecule has 1 saturated heterocycles. The van der Waals surface area contributed by atoms with Crippen molar-refractivity contribution in [3.63, 3.8) is 0 Å². The third kappa shape index (κ3) is 3.92. The van der Waals surface area contributed by atoms with Crippen molar-refractivity contribution in [3.05, 3.63) is 23.8 Å². The number of aliphatic carboxylic acids is 1. The average Bonchev–Trinajstić information content (AvgIpc) is 2.59. The van der Waals surface area contributed by atoms with Crippen molar-refractivity contribution in [2.24, 2.45) is 5.92 Å². The molecular formula is C16H21NO6. The summed E-state index contributed by atoms with van der Waals surface area (Å²) in [7, 11) is 2.90. The van der Waals surface area contributed by atoms with Crippen LogP contribution in [0.2, 0.25) is 0 Å². The van der Waals surface area contributed by atoms with E-state index in [1.807, 2.05) is 0 Å². The summed E-state index contributed by atoms with van der Waals surface area (Å²) in [6, 6.07) is 3.88. The number of nitrogens with one attached hydrogen (secondary N) is 1. The first-order chi connectivity index (χ1) is 11.1. The molecule has 2 unspecified atom stereocenters. The molecule has 1 heterocycles. The van der Waals surface area contributed by atoms with E-state index in [4.69, 9.17) is 14.2 Å². The lowest BCUT2D eigenvalue weighted by molar-refractivity contribution is -0.142. The number of hydrogen-bond donors (Lipinski definition) is 2. The normalized spacial score (nSPS) is 18.8. The van der Waals surface area contributed by atoms with Gasteiger partial charge in [-0.25, -0.2) is 4.79 Å². The molecule has 0 bridgehead atoms. The number of para-hydroxylation sites is 1. The zero-order valence-electron chi connectivity index (χ0n) is 13.2. The van der Waals surface area contributed by atoms with Crippen LogP contribution < -0.4 is 14.8 Å². The topological polar surface area (TPSA) is 94.1 Å². The van der Waals surface area contributed by atoms with Gasteiger partial charge in [0.25, 0.3) is 5.91 Å². The highest BCUT2D eigenvalue weighted by Gasteiger charge is 2.32. The van der Waals surface area contributed by atoms with E-state index in [1.54, 1.807) is 18.2 Å². The number of carboxylic acid groups (broad SMARTS) is 1. The van der Waals surface area contributed by atoms with Crippen LogP contribution >= 0.6 is 0 Å². The minimum Gasteiger partial charge on any atom is -0.493 e. The molecule has 126 valence electrons. The molecule has 2 N–H and O–H groups in total. The fourth-order valence-corrected chi connectivity index (χ4v) is 2.69. The van der Waals surface area contributed by atoms with Crippen molar-refractivity contribution < 1.29 is 28.9 Å². The maximum absolute atomic E-state index is 12.5. The van der Waals surface area contributed by atoms with E-state index in [1.165, 1.54) is 14.2 Å². The van der Waals surface area contributed by atoms with Gasteiger partial charge < -0.3 is 24.6 Å². The quantitative estimate of drug-likeness (QED) is 0.820. The summed E-state index contributed by atoms with van der Waals surface area (Å²) in [4.78, 5) is 24.0. The number of hydrogen-bond acceptors (Lipinski definition) is 5. The van der Waals surface area contributed by atoms with E-state index in [9.17, 15) is 14.7 Å². The maximum atomic E-state index is 12.5. The Labute approximate surface area is 134 Å². The number of amides is 1. The number of carbonyl (C=O) groups excluding carboxylic acids is 1. The highest BCUT2D eigenvalue weighted by Crippen LogP contribution is 2.30. The summed E-state index contributed by atoms with van der Waals surface area (Å²) in [6.45, 7) is 0.951. The molecule has 0 aromatic heterocycles. The minimum atomic E-state index is -1.07. The average molecular weight is 323 g/mol. The summed E-state index contributed by atoms with van der Waals surface area (Å²) in [5, 5.41) is 12.0. The molecule has 0 spiro atoms. The third-order valence-corrected chi connectivity index (χ3v) is 3.87. The Balaban J connectivity index is 2.20. The van der Waals surface area contributed by atoms with Crippen LogP contribution in [0.25, 0.3) is 0 Å². The molecule has 1 amide bonds. The van der Waals surface area contributed by atoms with Crippen molar-refractivity contribution in [2.75, 3.05) is 27.4 Å². The van der Waals surface area contributed by atoms with E-state index in [2.05, 4.69) is 5.32 Å². The number of methoxy groups -OCH3 is 2. The number of benzene rings is 1. The van der Waals surface area contributed by atoms with E-state index in [0.29, 0.717) is 25.4 Å². The molecule has 1 aliphatic heterocycles. The summed E-state index contributed by atoms with van der Waals surface area (Å²) in [5.41, 5.74) is 0.231. The van der Waals surface area contributed by atoms with Crippen molar-refractivity contribution in [2.45, 2.75) is 18.9 Å². The van der Waals surface area contributed by atoms with Crippen LogP contribution in [-0.2, 0) is 9.53 Å². The number of rotatable bonds is 6. The molecule has 0 saturated carbocycles. The second-order valence-corrected chi connectivity index (χ2v) is 5.31. The molecule has 1 fully saturated rings. The number of carboxylic acids is 1. The highest BCUT2D eigenvalue weighted by atomic mass is 16.5. The van der Waals surface area contributed by atoms with Crippen molar-refractivity contribution >= 4 is 11.9 Å². The van der Waals surface area contributed by atoms with Gasteiger partial charge in [-0.3, -0.25) is 4.79 Å². The second kappa shape index (κ2) is 7.82. The molecule has 1 aliphatic rings. The van der Waals surface area contributed by atoms with Crippen molar-refractivity contribution in [1.29, 1.82) is 0 Å². The molecule has 1 aromatic rings. The molecule has 2 atom stereocenters. The first kappa shape index (κ1) is 17.1. The lowest BCUT2D eigenvalue weighted by Gasteiger charge is -2.28. The Morgan fingerprint density at radius 2 is 2.13 bits per heavy atom. The van der Waals surface area contributed by atoms with Gasteiger partial charge >= 0.3 is 5.97 Å². The van der Waals surface area contributed by atoms with Crippen LogP contribution in [0, 0.1) is 5.92 Å². The lowest BCUT2D eigenvalue weighted by atomic mass is 9.93. The molecule has 23 heavy (non-hydrogen) atoms. The summed E-state index contributed by atoms with van der Waals surface area (Å²) < 4.78 is 15.7. The third-order valence-electron chi connectivity index (χ3n) is 3.87. The Morgan fingerprint density at radius 1 is 1.35 bits per heavy atom. The van der Waals surface area contributed by atoms with Crippen LogP contribution in [0.4, 0.5) is 0 Å². The number of carbonyl (C=O) groups is 2. The molecule has 1 aromatic carbocycles. The smallest absolute Gasteiger partial charge is 0.326 e. The Bertz CT molecular complexity index is 568. The van der Waals surface area contributed by atoms with Crippen LogP contribution in [0.1, 0.15) is 23.2 Å². The highest BCUT2D eigenvalue weighted by molar-refractivity contribution is 5.99. The Morgan fingerprint density at radius 3 is 2.70 bits per heavy atom. The van der Waals surface area contributed by atoms with Gasteiger partial charge in [0, 0.05) is 12.5 Å². The van der Waals surface area contributed by atoms with Gasteiger partial charge in [-0.15, -0.1) is 0 Å². The van der Waals surface area contributed by atoms with Crippen molar-refractivity contribution in [3.8, 4) is 11.5 Å². The van der Waals surface area contributed by atoms with Gasteiger partial charge in [-0.05, 0) is 25.0 Å². The van der Waals surface area contributed by atoms with Crippen LogP contribution in [0.5, 0.6) is 11.5 Å². The SMILES string of the molecule is COc1cccc(C(=O)NC(C(=O)O)C2CCCOC2)c1OC. The summed E-state index contributed by atoms with van der Waals surface area (Å²) in [5.74, 6) is -1.15. The standard InChI is InChI=1S/C16H21NO6/c1-21-12-7-3-6-11(14(12)22-2)15(18)17-13(16(19)20)10-5-4-8-23-9-10/h3,6-7,10,13H,4-5,8-9H2,1-2H3,(H,17,18)(H,19,20). The molecule has 0 aliphatic carbocycles. The van der Waals surface area contributed by atoms with E-state index in [-0.39, 0.29) is 17.2 Å².